The first kappa shape index (κ1) is 19.9. The van der Waals surface area contributed by atoms with Gasteiger partial charge in [0, 0.05) is 12.1 Å². The van der Waals surface area contributed by atoms with Gasteiger partial charge < -0.3 is 19.9 Å². The molecule has 1 aromatic carbocycles. The fraction of sp³-hybridized carbons (Fsp3) is 0.368. The number of benzene rings is 1. The molecule has 2 aromatic rings. The van der Waals surface area contributed by atoms with Crippen molar-refractivity contribution < 1.29 is 23.6 Å². The molecule has 1 atom stereocenters. The normalized spacial score (nSPS) is 16.6. The summed E-state index contributed by atoms with van der Waals surface area (Å²) in [4.78, 5) is 38.0. The number of ether oxygens (including phenoxy) is 1. The van der Waals surface area contributed by atoms with Crippen molar-refractivity contribution in [2.75, 3.05) is 13.2 Å². The molecule has 2 amide bonds. The summed E-state index contributed by atoms with van der Waals surface area (Å²) in [6.45, 7) is 1.47. The molecule has 1 aromatic heterocycles. The monoisotopic (exact) mass is 405 g/mol. The van der Waals surface area contributed by atoms with E-state index >= 15 is 0 Å². The number of piperidine rings is 1. The van der Waals surface area contributed by atoms with Crippen LogP contribution in [0.3, 0.4) is 0 Å². The number of halogens is 1. The van der Waals surface area contributed by atoms with Crippen molar-refractivity contribution in [2.45, 2.75) is 32.2 Å². The fourth-order valence-electron chi connectivity index (χ4n) is 3.26. The molecule has 3 rings (SSSR count). The van der Waals surface area contributed by atoms with Crippen LogP contribution in [0.2, 0.25) is 5.02 Å². The molecule has 0 spiro atoms. The van der Waals surface area contributed by atoms with E-state index in [0.29, 0.717) is 23.6 Å². The maximum Gasteiger partial charge on any atom is 0.344 e. The Hall–Kier alpha value is -2.87. The van der Waals surface area contributed by atoms with Crippen LogP contribution in [-0.4, -0.2) is 47.0 Å². The number of nitrogens with zero attached hydrogens (tertiary/aromatic N) is 2. The number of aryl methyl sites for hydroxylation is 1. The number of likely N-dealkylation sites (tertiary alicyclic amines) is 1. The maximum absolute atomic E-state index is 12.6. The van der Waals surface area contributed by atoms with Gasteiger partial charge in [-0.05, 0) is 32.3 Å². The molecule has 0 aliphatic carbocycles. The minimum Gasteiger partial charge on any atom is -0.452 e. The maximum atomic E-state index is 12.6. The molecule has 0 saturated carbocycles. The molecule has 0 bridgehead atoms. The van der Waals surface area contributed by atoms with E-state index in [4.69, 9.17) is 26.6 Å². The van der Waals surface area contributed by atoms with E-state index in [2.05, 4.69) is 5.16 Å². The van der Waals surface area contributed by atoms with E-state index in [0.717, 1.165) is 12.8 Å². The Balaban J connectivity index is 1.74. The molecule has 1 saturated heterocycles. The third-order valence-corrected chi connectivity index (χ3v) is 5.00. The second-order valence-electron chi connectivity index (χ2n) is 6.52. The molecule has 8 nitrogen and oxygen atoms in total. The lowest BCUT2D eigenvalue weighted by Crippen LogP contribution is -2.51. The van der Waals surface area contributed by atoms with E-state index in [1.54, 1.807) is 31.2 Å². The van der Waals surface area contributed by atoms with Gasteiger partial charge in [0.2, 0.25) is 5.91 Å². The average Bonchev–Trinajstić information content (AvgIpc) is 3.07. The lowest BCUT2D eigenvalue weighted by molar-refractivity contribution is -0.143. The number of rotatable bonds is 5. The third-order valence-electron chi connectivity index (χ3n) is 4.67. The second kappa shape index (κ2) is 8.43. The summed E-state index contributed by atoms with van der Waals surface area (Å²) in [6, 6.07) is 6.20. The average molecular weight is 406 g/mol. The predicted octanol–water partition coefficient (Wildman–Crippen LogP) is 2.33. The molecular formula is C19H20ClN3O5. The number of nitrogens with two attached hydrogens (primary N) is 1. The predicted molar refractivity (Wildman–Crippen MR) is 101 cm³/mol. The smallest absolute Gasteiger partial charge is 0.344 e. The molecule has 0 radical (unpaired) electrons. The lowest BCUT2D eigenvalue weighted by atomic mass is 10.0. The number of carbonyl (C=O) groups excluding carboxylic acids is 3. The Morgan fingerprint density at radius 2 is 2.07 bits per heavy atom. The molecule has 28 heavy (non-hydrogen) atoms. The molecule has 1 aliphatic heterocycles. The Bertz CT molecular complexity index is 911. The van der Waals surface area contributed by atoms with Gasteiger partial charge in [-0.1, -0.05) is 35.0 Å². The number of primary amides is 1. The Kier molecular flexibility index (Phi) is 5.99. The van der Waals surface area contributed by atoms with Crippen LogP contribution in [0.1, 0.15) is 35.4 Å². The van der Waals surface area contributed by atoms with Crippen molar-refractivity contribution in [3.63, 3.8) is 0 Å². The van der Waals surface area contributed by atoms with Gasteiger partial charge in [-0.3, -0.25) is 9.59 Å². The van der Waals surface area contributed by atoms with E-state index in [9.17, 15) is 14.4 Å². The summed E-state index contributed by atoms with van der Waals surface area (Å²) in [6.07, 6.45) is 2.10. The van der Waals surface area contributed by atoms with Crippen LogP contribution in [0.25, 0.3) is 11.3 Å². The number of hydrogen-bond acceptors (Lipinski definition) is 6. The van der Waals surface area contributed by atoms with E-state index in [1.165, 1.54) is 4.90 Å². The largest absolute Gasteiger partial charge is 0.452 e. The van der Waals surface area contributed by atoms with Crippen molar-refractivity contribution in [3.8, 4) is 11.3 Å². The highest BCUT2D eigenvalue weighted by Crippen LogP contribution is 2.31. The Morgan fingerprint density at radius 3 is 2.79 bits per heavy atom. The summed E-state index contributed by atoms with van der Waals surface area (Å²) in [5, 5.41) is 4.30. The van der Waals surface area contributed by atoms with Crippen LogP contribution in [0.5, 0.6) is 0 Å². The van der Waals surface area contributed by atoms with Crippen LogP contribution >= 0.6 is 11.6 Å². The summed E-state index contributed by atoms with van der Waals surface area (Å²) in [7, 11) is 0. The molecule has 0 unspecified atom stereocenters. The molecule has 2 N–H and O–H groups in total. The van der Waals surface area contributed by atoms with Gasteiger partial charge in [-0.15, -0.1) is 0 Å². The summed E-state index contributed by atoms with van der Waals surface area (Å²) >= 11 is 6.18. The minimum absolute atomic E-state index is 0.103. The third kappa shape index (κ3) is 4.01. The van der Waals surface area contributed by atoms with Gasteiger partial charge in [-0.25, -0.2) is 4.79 Å². The van der Waals surface area contributed by atoms with Gasteiger partial charge in [0.25, 0.3) is 5.91 Å². The lowest BCUT2D eigenvalue weighted by Gasteiger charge is -2.33. The van der Waals surface area contributed by atoms with Crippen LogP contribution < -0.4 is 5.73 Å². The summed E-state index contributed by atoms with van der Waals surface area (Å²) in [5.74, 6) is -1.53. The van der Waals surface area contributed by atoms with E-state index < -0.39 is 30.4 Å². The van der Waals surface area contributed by atoms with Gasteiger partial charge in [0.05, 0.1) is 5.02 Å². The van der Waals surface area contributed by atoms with Gasteiger partial charge >= 0.3 is 5.97 Å². The Labute approximate surface area is 166 Å². The van der Waals surface area contributed by atoms with E-state index in [-0.39, 0.29) is 17.0 Å². The number of carbonyl (C=O) groups is 3. The van der Waals surface area contributed by atoms with E-state index in [1.807, 2.05) is 0 Å². The van der Waals surface area contributed by atoms with Gasteiger partial charge in [-0.2, -0.15) is 0 Å². The van der Waals surface area contributed by atoms with Crippen molar-refractivity contribution in [3.05, 3.63) is 40.6 Å². The summed E-state index contributed by atoms with van der Waals surface area (Å²) < 4.78 is 10.3. The van der Waals surface area contributed by atoms with Crippen LogP contribution in [0, 0.1) is 6.92 Å². The Morgan fingerprint density at radius 1 is 1.32 bits per heavy atom. The second-order valence-corrected chi connectivity index (χ2v) is 6.93. The number of esters is 1. The topological polar surface area (TPSA) is 116 Å². The van der Waals surface area contributed by atoms with Crippen LogP contribution in [0.4, 0.5) is 0 Å². The number of hydrogen-bond donors (Lipinski definition) is 1. The number of amides is 2. The van der Waals surface area contributed by atoms with Crippen LogP contribution in [0.15, 0.2) is 28.8 Å². The first-order valence-corrected chi connectivity index (χ1v) is 9.25. The quantitative estimate of drug-likeness (QED) is 0.763. The highest BCUT2D eigenvalue weighted by Gasteiger charge is 2.32. The summed E-state index contributed by atoms with van der Waals surface area (Å²) in [5.41, 5.74) is 6.24. The fourth-order valence-corrected chi connectivity index (χ4v) is 3.48. The standard InChI is InChI=1S/C19H20ClN3O5/c1-11-16(17(22-28-11)12-6-2-3-7-13(12)20)19(26)27-10-15(24)23-9-5-4-8-14(23)18(21)25/h2-3,6-7,14H,4-5,8-10H2,1H3,(H2,21,25)/t14-/m0/s1. The molecule has 148 valence electrons. The van der Waals surface area contributed by atoms with Crippen LogP contribution in [-0.2, 0) is 14.3 Å². The molecule has 2 heterocycles. The molecular weight excluding hydrogens is 386 g/mol. The molecule has 9 heteroatoms. The number of aromatic nitrogens is 1. The highest BCUT2D eigenvalue weighted by molar-refractivity contribution is 6.33. The first-order chi connectivity index (χ1) is 13.4. The first-order valence-electron chi connectivity index (χ1n) is 8.87. The zero-order valence-electron chi connectivity index (χ0n) is 15.3. The van der Waals surface area contributed by atoms with Crippen molar-refractivity contribution in [1.82, 2.24) is 10.1 Å². The van der Waals surface area contributed by atoms with Crippen molar-refractivity contribution >= 4 is 29.4 Å². The minimum atomic E-state index is -0.755. The van der Waals surface area contributed by atoms with Crippen molar-refractivity contribution in [1.29, 1.82) is 0 Å². The van der Waals surface area contributed by atoms with Gasteiger partial charge in [0.1, 0.15) is 23.1 Å². The zero-order chi connectivity index (χ0) is 20.3. The molecule has 1 aliphatic rings. The van der Waals surface area contributed by atoms with Gasteiger partial charge in [0.15, 0.2) is 6.61 Å². The van der Waals surface area contributed by atoms with Crippen molar-refractivity contribution in [2.24, 2.45) is 5.73 Å². The molecule has 1 fully saturated rings. The highest BCUT2D eigenvalue weighted by atomic mass is 35.5. The zero-order valence-corrected chi connectivity index (χ0v) is 16.1. The SMILES string of the molecule is Cc1onc(-c2ccccc2Cl)c1C(=O)OCC(=O)N1CCCC[C@H]1C(N)=O.